The summed E-state index contributed by atoms with van der Waals surface area (Å²) in [5.41, 5.74) is 2.92. The third-order valence-corrected chi connectivity index (χ3v) is 5.02. The van der Waals surface area contributed by atoms with E-state index in [0.717, 1.165) is 37.9 Å². The standard InChI is InChI=1S/C14H23N3O2S/c1-3-4-10-17(2)20(18,19)16-13-7-8-14-12(11-13)6-5-9-15-14/h7-8,11,15-16H,3-6,9-10H2,1-2H3. The molecular weight excluding hydrogens is 274 g/mol. The van der Waals surface area contributed by atoms with Gasteiger partial charge in [-0.25, -0.2) is 0 Å². The Morgan fingerprint density at radius 2 is 2.20 bits per heavy atom. The fourth-order valence-electron chi connectivity index (χ4n) is 2.27. The molecule has 1 aliphatic rings. The summed E-state index contributed by atoms with van der Waals surface area (Å²) in [6, 6.07) is 5.67. The largest absolute Gasteiger partial charge is 0.385 e. The first-order valence-corrected chi connectivity index (χ1v) is 8.58. The number of rotatable bonds is 6. The van der Waals surface area contributed by atoms with Crippen molar-refractivity contribution in [1.82, 2.24) is 4.31 Å². The average molecular weight is 297 g/mol. The highest BCUT2D eigenvalue weighted by molar-refractivity contribution is 7.90. The Bertz CT molecular complexity index is 558. The first-order chi connectivity index (χ1) is 9.53. The van der Waals surface area contributed by atoms with Crippen molar-refractivity contribution in [2.75, 3.05) is 30.2 Å². The van der Waals surface area contributed by atoms with Crippen molar-refractivity contribution in [3.63, 3.8) is 0 Å². The van der Waals surface area contributed by atoms with E-state index in [9.17, 15) is 8.42 Å². The van der Waals surface area contributed by atoms with E-state index in [4.69, 9.17) is 0 Å². The minimum absolute atomic E-state index is 0.540. The van der Waals surface area contributed by atoms with Crippen LogP contribution in [0.5, 0.6) is 0 Å². The van der Waals surface area contributed by atoms with Gasteiger partial charge >= 0.3 is 10.2 Å². The molecular formula is C14H23N3O2S. The van der Waals surface area contributed by atoms with E-state index in [1.807, 2.05) is 25.1 Å². The minimum atomic E-state index is -3.45. The van der Waals surface area contributed by atoms with E-state index < -0.39 is 10.2 Å². The van der Waals surface area contributed by atoms with Gasteiger partial charge in [-0.1, -0.05) is 13.3 Å². The number of fused-ring (bicyclic) bond motifs is 1. The molecule has 2 N–H and O–H groups in total. The number of hydrogen-bond donors (Lipinski definition) is 2. The molecule has 5 nitrogen and oxygen atoms in total. The van der Waals surface area contributed by atoms with Gasteiger partial charge in [0.2, 0.25) is 0 Å². The second-order valence-electron chi connectivity index (χ2n) is 5.18. The molecule has 0 saturated carbocycles. The number of unbranched alkanes of at least 4 members (excludes halogenated alkanes) is 1. The second-order valence-corrected chi connectivity index (χ2v) is 6.96. The maximum Gasteiger partial charge on any atom is 0.301 e. The summed E-state index contributed by atoms with van der Waals surface area (Å²) in [4.78, 5) is 0. The monoisotopic (exact) mass is 297 g/mol. The van der Waals surface area contributed by atoms with Gasteiger partial charge in [0, 0.05) is 25.8 Å². The van der Waals surface area contributed by atoms with Crippen LogP contribution < -0.4 is 10.0 Å². The molecule has 1 aromatic carbocycles. The highest BCUT2D eigenvalue weighted by Crippen LogP contribution is 2.25. The van der Waals surface area contributed by atoms with Crippen LogP contribution in [0.4, 0.5) is 11.4 Å². The topological polar surface area (TPSA) is 61.4 Å². The molecule has 0 aromatic heterocycles. The summed E-state index contributed by atoms with van der Waals surface area (Å²) in [7, 11) is -1.84. The fraction of sp³-hybridized carbons (Fsp3) is 0.571. The Morgan fingerprint density at radius 1 is 1.40 bits per heavy atom. The number of aryl methyl sites for hydroxylation is 1. The molecule has 20 heavy (non-hydrogen) atoms. The number of anilines is 2. The lowest BCUT2D eigenvalue weighted by molar-refractivity contribution is 0.463. The molecule has 0 fully saturated rings. The number of hydrogen-bond acceptors (Lipinski definition) is 3. The van der Waals surface area contributed by atoms with Crippen molar-refractivity contribution >= 4 is 21.6 Å². The molecule has 0 atom stereocenters. The summed E-state index contributed by atoms with van der Waals surface area (Å²) in [5, 5.41) is 3.32. The molecule has 1 heterocycles. The Kier molecular flexibility index (Phi) is 4.88. The Hall–Kier alpha value is -1.27. The van der Waals surface area contributed by atoms with Crippen LogP contribution in [0.15, 0.2) is 18.2 Å². The Labute approximate surface area is 121 Å². The van der Waals surface area contributed by atoms with Crippen LogP contribution in [0.1, 0.15) is 31.7 Å². The van der Waals surface area contributed by atoms with Crippen molar-refractivity contribution in [2.24, 2.45) is 0 Å². The van der Waals surface area contributed by atoms with Crippen LogP contribution in [0.25, 0.3) is 0 Å². The molecule has 0 bridgehead atoms. The third kappa shape index (κ3) is 3.64. The molecule has 1 aromatic rings. The van der Waals surface area contributed by atoms with Crippen molar-refractivity contribution in [3.05, 3.63) is 23.8 Å². The maximum absolute atomic E-state index is 12.2. The molecule has 0 amide bonds. The lowest BCUT2D eigenvalue weighted by atomic mass is 10.0. The van der Waals surface area contributed by atoms with E-state index in [2.05, 4.69) is 10.0 Å². The van der Waals surface area contributed by atoms with Gasteiger partial charge in [0.15, 0.2) is 0 Å². The van der Waals surface area contributed by atoms with Crippen LogP contribution in [0.3, 0.4) is 0 Å². The predicted octanol–water partition coefficient (Wildman–Crippen LogP) is 2.43. The van der Waals surface area contributed by atoms with Crippen molar-refractivity contribution in [2.45, 2.75) is 32.6 Å². The van der Waals surface area contributed by atoms with Gasteiger partial charge in [0.1, 0.15) is 0 Å². The van der Waals surface area contributed by atoms with Gasteiger partial charge in [0.05, 0.1) is 5.69 Å². The number of nitrogens with one attached hydrogen (secondary N) is 2. The molecule has 1 aliphatic heterocycles. The quantitative estimate of drug-likeness (QED) is 0.848. The normalized spacial score (nSPS) is 14.8. The summed E-state index contributed by atoms with van der Waals surface area (Å²) >= 11 is 0. The van der Waals surface area contributed by atoms with Crippen molar-refractivity contribution < 1.29 is 8.42 Å². The molecule has 0 unspecified atom stereocenters. The van der Waals surface area contributed by atoms with Gasteiger partial charge in [-0.05, 0) is 43.0 Å². The van der Waals surface area contributed by atoms with Crippen molar-refractivity contribution in [3.8, 4) is 0 Å². The number of nitrogens with zero attached hydrogens (tertiary/aromatic N) is 1. The number of benzene rings is 1. The van der Waals surface area contributed by atoms with Gasteiger partial charge in [-0.3, -0.25) is 4.72 Å². The molecule has 112 valence electrons. The molecule has 6 heteroatoms. The lowest BCUT2D eigenvalue weighted by Gasteiger charge is -2.21. The highest BCUT2D eigenvalue weighted by atomic mass is 32.2. The molecule has 2 rings (SSSR count). The van der Waals surface area contributed by atoms with Crippen molar-refractivity contribution in [1.29, 1.82) is 0 Å². The Morgan fingerprint density at radius 3 is 2.95 bits per heavy atom. The van der Waals surface area contributed by atoms with E-state index in [-0.39, 0.29) is 0 Å². The maximum atomic E-state index is 12.2. The van der Waals surface area contributed by atoms with Crippen LogP contribution >= 0.6 is 0 Å². The van der Waals surface area contributed by atoms with Crippen LogP contribution in [-0.2, 0) is 16.6 Å². The zero-order valence-electron chi connectivity index (χ0n) is 12.1. The van der Waals surface area contributed by atoms with Gasteiger partial charge in [-0.15, -0.1) is 0 Å². The zero-order chi connectivity index (χ0) is 14.6. The van der Waals surface area contributed by atoms with E-state index in [1.165, 1.54) is 9.87 Å². The van der Waals surface area contributed by atoms with Gasteiger partial charge in [-0.2, -0.15) is 12.7 Å². The van der Waals surface area contributed by atoms with Crippen LogP contribution in [0, 0.1) is 0 Å². The minimum Gasteiger partial charge on any atom is -0.385 e. The summed E-state index contributed by atoms with van der Waals surface area (Å²) in [6.45, 7) is 3.57. The van der Waals surface area contributed by atoms with Crippen LogP contribution in [-0.4, -0.2) is 32.9 Å². The predicted molar refractivity (Wildman–Crippen MR) is 83.3 cm³/mol. The van der Waals surface area contributed by atoms with E-state index in [1.54, 1.807) is 7.05 Å². The second kappa shape index (κ2) is 6.45. The molecule has 0 radical (unpaired) electrons. The average Bonchev–Trinajstić information content (AvgIpc) is 2.44. The van der Waals surface area contributed by atoms with Gasteiger partial charge < -0.3 is 5.32 Å². The lowest BCUT2D eigenvalue weighted by Crippen LogP contribution is -2.33. The first-order valence-electron chi connectivity index (χ1n) is 7.14. The fourth-order valence-corrected chi connectivity index (χ4v) is 3.22. The SMILES string of the molecule is CCCCN(C)S(=O)(=O)Nc1ccc2c(c1)CCCN2. The molecule has 0 saturated heterocycles. The summed E-state index contributed by atoms with van der Waals surface area (Å²) in [6.07, 6.45) is 3.92. The summed E-state index contributed by atoms with van der Waals surface area (Å²) < 4.78 is 28.4. The first kappa shape index (κ1) is 15.1. The molecule has 0 aliphatic carbocycles. The molecule has 0 spiro atoms. The van der Waals surface area contributed by atoms with Gasteiger partial charge in [0.25, 0.3) is 0 Å². The van der Waals surface area contributed by atoms with Crippen LogP contribution in [0.2, 0.25) is 0 Å². The summed E-state index contributed by atoms with van der Waals surface area (Å²) in [5.74, 6) is 0. The van der Waals surface area contributed by atoms with E-state index in [0.29, 0.717) is 12.2 Å². The Balaban J connectivity index is 2.09. The third-order valence-electron chi connectivity index (χ3n) is 3.53. The smallest absolute Gasteiger partial charge is 0.301 e. The highest BCUT2D eigenvalue weighted by Gasteiger charge is 2.18. The zero-order valence-corrected chi connectivity index (χ0v) is 13.0. The van der Waals surface area contributed by atoms with E-state index >= 15 is 0 Å².